The topological polar surface area (TPSA) is 59.4 Å². The molecule has 102 valence electrons. The summed E-state index contributed by atoms with van der Waals surface area (Å²) in [7, 11) is 0. The van der Waals surface area contributed by atoms with Crippen LogP contribution in [0, 0.1) is 6.92 Å². The fourth-order valence-electron chi connectivity index (χ4n) is 2.42. The molecule has 0 saturated heterocycles. The fourth-order valence-corrected chi connectivity index (χ4v) is 2.42. The van der Waals surface area contributed by atoms with Crippen molar-refractivity contribution in [1.82, 2.24) is 24.7 Å². The lowest BCUT2D eigenvalue weighted by Crippen LogP contribution is -1.97. The van der Waals surface area contributed by atoms with Crippen molar-refractivity contribution < 1.29 is 0 Å². The van der Waals surface area contributed by atoms with Gasteiger partial charge in [0.2, 0.25) is 0 Å². The highest BCUT2D eigenvalue weighted by Gasteiger charge is 2.05. The number of aromatic nitrogens is 5. The van der Waals surface area contributed by atoms with Crippen LogP contribution in [-0.2, 0) is 0 Å². The maximum Gasteiger partial charge on any atom is 0.155 e. The maximum absolute atomic E-state index is 4.43. The van der Waals surface area contributed by atoms with Crippen LogP contribution in [-0.4, -0.2) is 24.7 Å². The van der Waals surface area contributed by atoms with Crippen molar-refractivity contribution >= 4 is 10.9 Å². The number of aromatic amines is 1. The number of pyridine rings is 1. The zero-order chi connectivity index (χ0) is 14.2. The maximum atomic E-state index is 4.43. The molecule has 4 rings (SSSR count). The minimum absolute atomic E-state index is 0.753. The standard InChI is InChI=1S/C16H13N5/c1-11-2-4-14-13(6-11)7-15(20-14)12-3-5-16(18-8-12)21-10-17-9-19-21/h2-10,20H,1H3. The van der Waals surface area contributed by atoms with Gasteiger partial charge in [-0.05, 0) is 37.3 Å². The Morgan fingerprint density at radius 3 is 2.81 bits per heavy atom. The molecular weight excluding hydrogens is 262 g/mol. The molecule has 0 amide bonds. The first-order valence-corrected chi connectivity index (χ1v) is 6.70. The SMILES string of the molecule is Cc1ccc2[nH]c(-c3ccc(-n4cncn4)nc3)cc2c1. The van der Waals surface area contributed by atoms with E-state index >= 15 is 0 Å². The van der Waals surface area contributed by atoms with Gasteiger partial charge in [-0.1, -0.05) is 11.6 Å². The first-order chi connectivity index (χ1) is 10.3. The van der Waals surface area contributed by atoms with E-state index < -0.39 is 0 Å². The van der Waals surface area contributed by atoms with Gasteiger partial charge in [0.15, 0.2) is 5.82 Å². The van der Waals surface area contributed by atoms with Gasteiger partial charge in [-0.3, -0.25) is 0 Å². The Balaban J connectivity index is 1.74. The first kappa shape index (κ1) is 11.8. The van der Waals surface area contributed by atoms with Crippen molar-refractivity contribution in [1.29, 1.82) is 0 Å². The predicted molar refractivity (Wildman–Crippen MR) is 81.2 cm³/mol. The lowest BCUT2D eigenvalue weighted by Gasteiger charge is -2.01. The monoisotopic (exact) mass is 275 g/mol. The lowest BCUT2D eigenvalue weighted by atomic mass is 10.1. The largest absolute Gasteiger partial charge is 0.354 e. The van der Waals surface area contributed by atoms with E-state index in [1.807, 2.05) is 18.3 Å². The Hall–Kier alpha value is -2.95. The Morgan fingerprint density at radius 1 is 1.10 bits per heavy atom. The molecule has 5 nitrogen and oxygen atoms in total. The van der Waals surface area contributed by atoms with Gasteiger partial charge in [0.25, 0.3) is 0 Å². The summed E-state index contributed by atoms with van der Waals surface area (Å²) in [6.45, 7) is 2.10. The van der Waals surface area contributed by atoms with E-state index in [0.29, 0.717) is 0 Å². The number of H-pyrrole nitrogens is 1. The Kier molecular flexibility index (Phi) is 2.57. The molecule has 0 atom stereocenters. The third kappa shape index (κ3) is 2.08. The van der Waals surface area contributed by atoms with Crippen molar-refractivity contribution in [2.75, 3.05) is 0 Å². The molecule has 1 aromatic carbocycles. The minimum Gasteiger partial charge on any atom is -0.354 e. The number of rotatable bonds is 2. The van der Waals surface area contributed by atoms with E-state index in [4.69, 9.17) is 0 Å². The number of fused-ring (bicyclic) bond motifs is 1. The van der Waals surface area contributed by atoms with Crippen LogP contribution in [0.4, 0.5) is 0 Å². The molecule has 1 N–H and O–H groups in total. The number of aryl methyl sites for hydroxylation is 1. The van der Waals surface area contributed by atoms with E-state index in [1.54, 1.807) is 11.0 Å². The van der Waals surface area contributed by atoms with E-state index in [-0.39, 0.29) is 0 Å². The molecule has 0 fully saturated rings. The van der Waals surface area contributed by atoms with Crippen LogP contribution in [0.25, 0.3) is 28.0 Å². The molecular formula is C16H13N5. The van der Waals surface area contributed by atoms with Gasteiger partial charge in [-0.15, -0.1) is 0 Å². The summed E-state index contributed by atoms with van der Waals surface area (Å²) in [6.07, 6.45) is 4.97. The highest BCUT2D eigenvalue weighted by atomic mass is 15.3. The highest BCUT2D eigenvalue weighted by molar-refractivity contribution is 5.86. The van der Waals surface area contributed by atoms with Crippen LogP contribution < -0.4 is 0 Å². The van der Waals surface area contributed by atoms with Crippen LogP contribution in [0.15, 0.2) is 55.2 Å². The quantitative estimate of drug-likeness (QED) is 0.611. The Morgan fingerprint density at radius 2 is 2.05 bits per heavy atom. The minimum atomic E-state index is 0.753. The summed E-state index contributed by atoms with van der Waals surface area (Å²) in [6, 6.07) is 12.5. The number of nitrogens with zero attached hydrogens (tertiary/aromatic N) is 4. The van der Waals surface area contributed by atoms with Gasteiger partial charge >= 0.3 is 0 Å². The second kappa shape index (κ2) is 4.56. The van der Waals surface area contributed by atoms with Gasteiger partial charge in [-0.25, -0.2) is 14.6 Å². The summed E-state index contributed by atoms with van der Waals surface area (Å²) in [5, 5.41) is 5.28. The molecule has 0 saturated carbocycles. The summed E-state index contributed by atoms with van der Waals surface area (Å²) < 4.78 is 1.64. The highest BCUT2D eigenvalue weighted by Crippen LogP contribution is 2.24. The van der Waals surface area contributed by atoms with E-state index in [2.05, 4.69) is 51.2 Å². The fraction of sp³-hybridized carbons (Fsp3) is 0.0625. The average molecular weight is 275 g/mol. The number of hydrogen-bond donors (Lipinski definition) is 1. The molecule has 0 aliphatic rings. The molecule has 21 heavy (non-hydrogen) atoms. The zero-order valence-electron chi connectivity index (χ0n) is 11.5. The predicted octanol–water partition coefficient (Wildman–Crippen LogP) is 3.12. The molecule has 4 aromatic rings. The van der Waals surface area contributed by atoms with Crippen LogP contribution in [0.3, 0.4) is 0 Å². The van der Waals surface area contributed by atoms with Crippen molar-refractivity contribution in [3.63, 3.8) is 0 Å². The summed E-state index contributed by atoms with van der Waals surface area (Å²) in [4.78, 5) is 11.8. The molecule has 0 spiro atoms. The van der Waals surface area contributed by atoms with Crippen LogP contribution in [0.1, 0.15) is 5.56 Å². The van der Waals surface area contributed by atoms with Crippen molar-refractivity contribution in [3.05, 3.63) is 60.8 Å². The molecule has 0 aliphatic heterocycles. The number of hydrogen-bond acceptors (Lipinski definition) is 3. The van der Waals surface area contributed by atoms with Crippen molar-refractivity contribution in [3.8, 4) is 17.1 Å². The molecule has 3 aromatic heterocycles. The van der Waals surface area contributed by atoms with Crippen molar-refractivity contribution in [2.24, 2.45) is 0 Å². The van der Waals surface area contributed by atoms with Gasteiger partial charge in [0.05, 0.1) is 0 Å². The number of benzene rings is 1. The normalized spacial score (nSPS) is 11.1. The van der Waals surface area contributed by atoms with E-state index in [9.17, 15) is 0 Å². The first-order valence-electron chi connectivity index (χ1n) is 6.70. The Labute approximate surface area is 121 Å². The van der Waals surface area contributed by atoms with Crippen molar-refractivity contribution in [2.45, 2.75) is 6.92 Å². The zero-order valence-corrected chi connectivity index (χ0v) is 11.5. The van der Waals surface area contributed by atoms with Gasteiger partial charge in [-0.2, -0.15) is 5.10 Å². The Bertz CT molecular complexity index is 888. The molecule has 0 radical (unpaired) electrons. The van der Waals surface area contributed by atoms with Crippen LogP contribution in [0.2, 0.25) is 0 Å². The second-order valence-corrected chi connectivity index (χ2v) is 5.02. The molecule has 5 heteroatoms. The van der Waals surface area contributed by atoms with Gasteiger partial charge < -0.3 is 4.98 Å². The molecule has 3 heterocycles. The van der Waals surface area contributed by atoms with E-state index in [1.165, 1.54) is 17.3 Å². The summed E-state index contributed by atoms with van der Waals surface area (Å²) in [5.74, 6) is 0.753. The van der Waals surface area contributed by atoms with Gasteiger partial charge in [0.1, 0.15) is 12.7 Å². The smallest absolute Gasteiger partial charge is 0.155 e. The third-order valence-electron chi connectivity index (χ3n) is 3.49. The summed E-state index contributed by atoms with van der Waals surface area (Å²) in [5.41, 5.74) is 4.50. The van der Waals surface area contributed by atoms with E-state index in [0.717, 1.165) is 22.6 Å². The van der Waals surface area contributed by atoms with Gasteiger partial charge in [0, 0.05) is 28.4 Å². The lowest BCUT2D eigenvalue weighted by molar-refractivity contribution is 0.845. The molecule has 0 unspecified atom stereocenters. The average Bonchev–Trinajstić information content (AvgIpc) is 3.16. The summed E-state index contributed by atoms with van der Waals surface area (Å²) >= 11 is 0. The molecule has 0 bridgehead atoms. The van der Waals surface area contributed by atoms with Crippen LogP contribution >= 0.6 is 0 Å². The third-order valence-corrected chi connectivity index (χ3v) is 3.49. The number of nitrogens with one attached hydrogen (secondary N) is 1. The van der Waals surface area contributed by atoms with Crippen LogP contribution in [0.5, 0.6) is 0 Å². The second-order valence-electron chi connectivity index (χ2n) is 5.02. The molecule has 0 aliphatic carbocycles.